The van der Waals surface area contributed by atoms with Crippen molar-refractivity contribution in [2.75, 3.05) is 18.5 Å². The highest BCUT2D eigenvalue weighted by Gasteiger charge is 2.07. The van der Waals surface area contributed by atoms with Gasteiger partial charge in [0.05, 0.1) is 12.1 Å². The van der Waals surface area contributed by atoms with Gasteiger partial charge in [-0.15, -0.1) is 0 Å². The quantitative estimate of drug-likeness (QED) is 0.757. The summed E-state index contributed by atoms with van der Waals surface area (Å²) in [5.74, 6) is 5.94. The Labute approximate surface area is 154 Å². The van der Waals surface area contributed by atoms with Crippen molar-refractivity contribution in [2.45, 2.75) is 6.92 Å². The van der Waals surface area contributed by atoms with E-state index in [1.807, 2.05) is 12.1 Å². The maximum Gasteiger partial charge on any atom is 0.253 e. The SMILES string of the molecule is CC(=O)Nc1cccc(OCC#CCNC(=O)c2ccccc2Br)c1. The van der Waals surface area contributed by atoms with Crippen LogP contribution in [0.2, 0.25) is 0 Å². The molecule has 5 nitrogen and oxygen atoms in total. The number of carbonyl (C=O) groups is 2. The first-order valence-corrected chi connectivity index (χ1v) is 8.34. The van der Waals surface area contributed by atoms with Crippen LogP contribution in [0.1, 0.15) is 17.3 Å². The number of hydrogen-bond donors (Lipinski definition) is 2. The van der Waals surface area contributed by atoms with Gasteiger partial charge < -0.3 is 15.4 Å². The van der Waals surface area contributed by atoms with Crippen LogP contribution in [0.4, 0.5) is 5.69 Å². The molecule has 0 aliphatic rings. The molecule has 0 heterocycles. The molecule has 2 rings (SSSR count). The van der Waals surface area contributed by atoms with Crippen LogP contribution in [-0.4, -0.2) is 25.0 Å². The summed E-state index contributed by atoms with van der Waals surface area (Å²) in [4.78, 5) is 23.0. The number of rotatable bonds is 5. The smallest absolute Gasteiger partial charge is 0.253 e. The van der Waals surface area contributed by atoms with Crippen LogP contribution < -0.4 is 15.4 Å². The van der Waals surface area contributed by atoms with Gasteiger partial charge in [0.25, 0.3) is 5.91 Å². The number of benzene rings is 2. The standard InChI is InChI=1S/C19H17BrN2O3/c1-14(23)22-15-7-6-8-16(13-15)25-12-5-4-11-21-19(24)17-9-2-3-10-18(17)20/h2-3,6-10,13H,11-12H2,1H3,(H,21,24)(H,22,23). The first-order valence-electron chi connectivity index (χ1n) is 7.55. The third-order valence-corrected chi connectivity index (χ3v) is 3.74. The number of halogens is 1. The number of anilines is 1. The lowest BCUT2D eigenvalue weighted by Gasteiger charge is -2.05. The van der Waals surface area contributed by atoms with E-state index in [1.54, 1.807) is 36.4 Å². The Kier molecular flexibility index (Phi) is 7.05. The Balaban J connectivity index is 1.77. The molecule has 25 heavy (non-hydrogen) atoms. The third kappa shape index (κ3) is 6.32. The van der Waals surface area contributed by atoms with Crippen LogP contribution in [0.5, 0.6) is 5.75 Å². The van der Waals surface area contributed by atoms with E-state index in [-0.39, 0.29) is 25.0 Å². The van der Waals surface area contributed by atoms with Crippen LogP contribution in [0, 0.1) is 11.8 Å². The van der Waals surface area contributed by atoms with Crippen LogP contribution in [0.25, 0.3) is 0 Å². The lowest BCUT2D eigenvalue weighted by atomic mass is 10.2. The number of hydrogen-bond acceptors (Lipinski definition) is 3. The van der Waals surface area contributed by atoms with Gasteiger partial charge in [0.2, 0.25) is 5.91 Å². The minimum atomic E-state index is -0.189. The topological polar surface area (TPSA) is 67.4 Å². The van der Waals surface area contributed by atoms with Crippen molar-refractivity contribution in [1.82, 2.24) is 5.32 Å². The van der Waals surface area contributed by atoms with E-state index in [9.17, 15) is 9.59 Å². The average Bonchev–Trinajstić information content (AvgIpc) is 2.58. The Bertz CT molecular complexity index is 825. The van der Waals surface area contributed by atoms with Crippen molar-refractivity contribution in [1.29, 1.82) is 0 Å². The predicted octanol–water partition coefficient (Wildman–Crippen LogP) is 3.22. The number of carbonyl (C=O) groups excluding carboxylic acids is 2. The summed E-state index contributed by atoms with van der Waals surface area (Å²) in [6.45, 7) is 1.87. The summed E-state index contributed by atoms with van der Waals surface area (Å²) in [5.41, 5.74) is 1.23. The number of nitrogens with one attached hydrogen (secondary N) is 2. The molecule has 2 amide bonds. The van der Waals surface area contributed by atoms with Gasteiger partial charge in [-0.25, -0.2) is 0 Å². The molecule has 0 spiro atoms. The van der Waals surface area contributed by atoms with Gasteiger partial charge in [0.1, 0.15) is 12.4 Å². The molecule has 0 aliphatic heterocycles. The van der Waals surface area contributed by atoms with Crippen LogP contribution in [-0.2, 0) is 4.79 Å². The molecule has 2 aromatic carbocycles. The maximum atomic E-state index is 12.0. The number of amides is 2. The zero-order valence-electron chi connectivity index (χ0n) is 13.6. The largest absolute Gasteiger partial charge is 0.481 e. The van der Waals surface area contributed by atoms with Crippen molar-refractivity contribution in [2.24, 2.45) is 0 Å². The second kappa shape index (κ2) is 9.50. The highest BCUT2D eigenvalue weighted by Crippen LogP contribution is 2.17. The van der Waals surface area contributed by atoms with Crippen molar-refractivity contribution < 1.29 is 14.3 Å². The molecule has 0 atom stereocenters. The van der Waals surface area contributed by atoms with Gasteiger partial charge in [-0.05, 0) is 40.2 Å². The normalized spacial score (nSPS) is 9.52. The first kappa shape index (κ1) is 18.6. The molecule has 2 aromatic rings. The fraction of sp³-hybridized carbons (Fsp3) is 0.158. The molecule has 128 valence electrons. The first-order chi connectivity index (χ1) is 12.1. The van der Waals surface area contributed by atoms with Gasteiger partial charge in [0.15, 0.2) is 0 Å². The summed E-state index contributed by atoms with van der Waals surface area (Å²) in [7, 11) is 0. The van der Waals surface area contributed by atoms with Crippen LogP contribution in [0.3, 0.4) is 0 Å². The molecule has 2 N–H and O–H groups in total. The molecular weight excluding hydrogens is 384 g/mol. The minimum Gasteiger partial charge on any atom is -0.481 e. The Morgan fingerprint density at radius 2 is 1.92 bits per heavy atom. The van der Waals surface area contributed by atoms with Gasteiger partial charge in [0, 0.05) is 23.2 Å². The molecule has 0 saturated carbocycles. The van der Waals surface area contributed by atoms with Gasteiger partial charge >= 0.3 is 0 Å². The summed E-state index contributed by atoms with van der Waals surface area (Å²) in [6, 6.07) is 14.2. The van der Waals surface area contributed by atoms with Gasteiger partial charge in [-0.1, -0.05) is 30.0 Å². The van der Waals surface area contributed by atoms with Crippen molar-refractivity contribution in [3.8, 4) is 17.6 Å². The molecule has 0 unspecified atom stereocenters. The molecule has 0 saturated heterocycles. The van der Waals surface area contributed by atoms with E-state index in [0.29, 0.717) is 17.0 Å². The molecule has 0 aliphatic carbocycles. The summed E-state index contributed by atoms with van der Waals surface area (Å²) in [5, 5.41) is 5.41. The molecule has 6 heteroatoms. The summed E-state index contributed by atoms with van der Waals surface area (Å²) < 4.78 is 6.23. The summed E-state index contributed by atoms with van der Waals surface area (Å²) in [6.07, 6.45) is 0. The van der Waals surface area contributed by atoms with Gasteiger partial charge in [-0.2, -0.15) is 0 Å². The highest BCUT2D eigenvalue weighted by atomic mass is 79.9. The minimum absolute atomic E-state index is 0.141. The number of ether oxygens (including phenoxy) is 1. The van der Waals surface area contributed by atoms with E-state index >= 15 is 0 Å². The van der Waals surface area contributed by atoms with Crippen molar-refractivity contribution in [3.05, 3.63) is 58.6 Å². The van der Waals surface area contributed by atoms with Crippen molar-refractivity contribution in [3.63, 3.8) is 0 Å². The predicted molar refractivity (Wildman–Crippen MR) is 100 cm³/mol. The molecule has 0 radical (unpaired) electrons. The molecular formula is C19H17BrN2O3. The lowest BCUT2D eigenvalue weighted by molar-refractivity contribution is -0.114. The Morgan fingerprint density at radius 3 is 2.68 bits per heavy atom. The highest BCUT2D eigenvalue weighted by molar-refractivity contribution is 9.10. The zero-order valence-corrected chi connectivity index (χ0v) is 15.2. The van der Waals surface area contributed by atoms with Crippen LogP contribution in [0.15, 0.2) is 53.0 Å². The second-order valence-electron chi connectivity index (χ2n) is 5.01. The van der Waals surface area contributed by atoms with E-state index in [1.165, 1.54) is 6.92 Å². The second-order valence-corrected chi connectivity index (χ2v) is 5.87. The molecule has 0 aromatic heterocycles. The third-order valence-electron chi connectivity index (χ3n) is 3.05. The summed E-state index contributed by atoms with van der Waals surface area (Å²) >= 11 is 3.33. The van der Waals surface area contributed by atoms with Gasteiger partial charge in [-0.3, -0.25) is 9.59 Å². The average molecular weight is 401 g/mol. The van der Waals surface area contributed by atoms with E-state index in [0.717, 1.165) is 4.47 Å². The fourth-order valence-electron chi connectivity index (χ4n) is 1.96. The van der Waals surface area contributed by atoms with Crippen molar-refractivity contribution >= 4 is 33.4 Å². The fourth-order valence-corrected chi connectivity index (χ4v) is 2.43. The van der Waals surface area contributed by atoms with E-state index in [4.69, 9.17) is 4.74 Å². The monoisotopic (exact) mass is 400 g/mol. The Hall–Kier alpha value is -2.78. The van der Waals surface area contributed by atoms with E-state index < -0.39 is 0 Å². The lowest BCUT2D eigenvalue weighted by Crippen LogP contribution is -2.23. The maximum absolute atomic E-state index is 12.0. The van der Waals surface area contributed by atoms with E-state index in [2.05, 4.69) is 38.4 Å². The zero-order chi connectivity index (χ0) is 18.1. The molecule has 0 fully saturated rings. The van der Waals surface area contributed by atoms with Crippen LogP contribution >= 0.6 is 15.9 Å². The Morgan fingerprint density at radius 1 is 1.12 bits per heavy atom. The molecule has 0 bridgehead atoms.